The smallest absolute Gasteiger partial charge is 0.0955 e. The van der Waals surface area contributed by atoms with E-state index < -0.39 is 0 Å². The van der Waals surface area contributed by atoms with Gasteiger partial charge >= 0.3 is 0 Å². The monoisotopic (exact) mass is 239 g/mol. The molecule has 0 saturated heterocycles. The molecule has 0 saturated carbocycles. The first-order chi connectivity index (χ1) is 7.18. The van der Waals surface area contributed by atoms with Crippen molar-refractivity contribution in [3.8, 4) is 0 Å². The van der Waals surface area contributed by atoms with Crippen molar-refractivity contribution in [3.63, 3.8) is 0 Å². The maximum Gasteiger partial charge on any atom is 0.0955 e. The number of hydrogen-bond acceptors (Lipinski definition) is 4. The van der Waals surface area contributed by atoms with Crippen LogP contribution in [0, 0.1) is 6.92 Å². The van der Waals surface area contributed by atoms with Crippen molar-refractivity contribution in [2.45, 2.75) is 13.0 Å². The Hall–Kier alpha value is -0.970. The Balaban J connectivity index is 2.34. The summed E-state index contributed by atoms with van der Waals surface area (Å²) < 4.78 is 8.03. The van der Waals surface area contributed by atoms with Gasteiger partial charge in [0.1, 0.15) is 0 Å². The van der Waals surface area contributed by atoms with Crippen LogP contribution in [-0.2, 0) is 0 Å². The molecule has 2 aromatic rings. The molecule has 1 heterocycles. The molecule has 15 heavy (non-hydrogen) atoms. The first-order valence-corrected chi connectivity index (χ1v) is 5.58. The van der Waals surface area contributed by atoms with Gasteiger partial charge in [-0.3, -0.25) is 0 Å². The molecule has 0 bridgehead atoms. The molecular formula is C10H10ClN3S. The van der Waals surface area contributed by atoms with E-state index in [0.29, 0.717) is 0 Å². The van der Waals surface area contributed by atoms with Crippen LogP contribution in [0.1, 0.15) is 22.9 Å². The fourth-order valence-electron chi connectivity index (χ4n) is 1.28. The van der Waals surface area contributed by atoms with E-state index >= 15 is 0 Å². The molecule has 0 amide bonds. The van der Waals surface area contributed by atoms with E-state index in [-0.39, 0.29) is 6.04 Å². The van der Waals surface area contributed by atoms with Crippen LogP contribution in [0.3, 0.4) is 0 Å². The van der Waals surface area contributed by atoms with Crippen LogP contribution in [0.4, 0.5) is 0 Å². The number of aromatic nitrogens is 2. The van der Waals surface area contributed by atoms with Crippen LogP contribution < -0.4 is 5.73 Å². The second kappa shape index (κ2) is 4.26. The minimum atomic E-state index is -0.248. The molecule has 0 fully saturated rings. The van der Waals surface area contributed by atoms with Crippen molar-refractivity contribution in [3.05, 3.63) is 46.2 Å². The Morgan fingerprint density at radius 2 is 2.27 bits per heavy atom. The molecule has 78 valence electrons. The quantitative estimate of drug-likeness (QED) is 0.876. The molecule has 3 nitrogen and oxygen atoms in total. The van der Waals surface area contributed by atoms with Gasteiger partial charge in [0.05, 0.1) is 29.7 Å². The zero-order valence-corrected chi connectivity index (χ0v) is 9.72. The SMILES string of the molecule is Cc1ccc(C(N)c2cnsn2)cc1Cl. The Kier molecular flexibility index (Phi) is 3.00. The van der Waals surface area contributed by atoms with E-state index in [0.717, 1.165) is 33.6 Å². The minimum Gasteiger partial charge on any atom is -0.319 e. The Bertz CT molecular complexity index is 456. The summed E-state index contributed by atoms with van der Waals surface area (Å²) in [5.74, 6) is 0. The van der Waals surface area contributed by atoms with Crippen LogP contribution in [0.2, 0.25) is 5.02 Å². The second-order valence-corrected chi connectivity index (χ2v) is 4.28. The Labute approximate surface area is 97.2 Å². The lowest BCUT2D eigenvalue weighted by atomic mass is 10.0. The summed E-state index contributed by atoms with van der Waals surface area (Å²) >= 11 is 7.19. The molecule has 2 N–H and O–H groups in total. The molecule has 1 aromatic heterocycles. The third-order valence-electron chi connectivity index (χ3n) is 2.25. The molecule has 2 rings (SSSR count). The van der Waals surface area contributed by atoms with Gasteiger partial charge in [-0.25, -0.2) is 0 Å². The largest absolute Gasteiger partial charge is 0.319 e. The van der Waals surface area contributed by atoms with Crippen LogP contribution >= 0.6 is 23.3 Å². The lowest BCUT2D eigenvalue weighted by molar-refractivity contribution is 0.843. The normalized spacial score (nSPS) is 12.7. The first kappa shape index (κ1) is 10.5. The molecule has 0 aliphatic carbocycles. The van der Waals surface area contributed by atoms with Gasteiger partial charge in [-0.15, -0.1) is 0 Å². The van der Waals surface area contributed by atoms with Crippen molar-refractivity contribution in [1.82, 2.24) is 8.75 Å². The van der Waals surface area contributed by atoms with Gasteiger partial charge in [-0.2, -0.15) is 8.75 Å². The van der Waals surface area contributed by atoms with Crippen LogP contribution in [-0.4, -0.2) is 8.75 Å². The van der Waals surface area contributed by atoms with Gasteiger partial charge in [-0.1, -0.05) is 23.7 Å². The standard InChI is InChI=1S/C10H10ClN3S/c1-6-2-3-7(4-8(6)11)10(12)9-5-13-15-14-9/h2-5,10H,12H2,1H3. The number of benzene rings is 1. The van der Waals surface area contributed by atoms with Gasteiger partial charge < -0.3 is 5.73 Å². The summed E-state index contributed by atoms with van der Waals surface area (Å²) in [6.45, 7) is 1.96. The van der Waals surface area contributed by atoms with E-state index in [1.165, 1.54) is 0 Å². The molecule has 5 heteroatoms. The summed E-state index contributed by atoms with van der Waals surface area (Å²) in [5.41, 5.74) is 8.81. The summed E-state index contributed by atoms with van der Waals surface area (Å²) in [5, 5.41) is 0.728. The highest BCUT2D eigenvalue weighted by atomic mass is 35.5. The van der Waals surface area contributed by atoms with Gasteiger partial charge in [-0.05, 0) is 24.1 Å². The lowest BCUT2D eigenvalue weighted by Gasteiger charge is -2.09. The number of aryl methyl sites for hydroxylation is 1. The molecule has 1 atom stereocenters. The predicted molar refractivity (Wildman–Crippen MR) is 62.1 cm³/mol. The van der Waals surface area contributed by atoms with E-state index in [9.17, 15) is 0 Å². The average Bonchev–Trinajstić information content (AvgIpc) is 2.74. The van der Waals surface area contributed by atoms with Crippen LogP contribution in [0.25, 0.3) is 0 Å². The van der Waals surface area contributed by atoms with Crippen LogP contribution in [0.15, 0.2) is 24.4 Å². The number of halogens is 1. The average molecular weight is 240 g/mol. The topological polar surface area (TPSA) is 51.8 Å². The van der Waals surface area contributed by atoms with Gasteiger partial charge in [0, 0.05) is 5.02 Å². The second-order valence-electron chi connectivity index (χ2n) is 3.32. The Morgan fingerprint density at radius 3 is 2.87 bits per heavy atom. The van der Waals surface area contributed by atoms with E-state index in [1.807, 2.05) is 25.1 Å². The molecule has 1 aromatic carbocycles. The van der Waals surface area contributed by atoms with Crippen molar-refractivity contribution >= 4 is 23.3 Å². The van der Waals surface area contributed by atoms with Crippen molar-refractivity contribution in [2.75, 3.05) is 0 Å². The fourth-order valence-corrected chi connectivity index (χ4v) is 1.93. The zero-order chi connectivity index (χ0) is 10.8. The van der Waals surface area contributed by atoms with Gasteiger partial charge in [0.2, 0.25) is 0 Å². The summed E-state index contributed by atoms with van der Waals surface area (Å²) in [6.07, 6.45) is 1.68. The summed E-state index contributed by atoms with van der Waals surface area (Å²) in [4.78, 5) is 0. The Morgan fingerprint density at radius 1 is 1.47 bits per heavy atom. The van der Waals surface area contributed by atoms with Crippen molar-refractivity contribution in [1.29, 1.82) is 0 Å². The zero-order valence-electron chi connectivity index (χ0n) is 8.14. The highest BCUT2D eigenvalue weighted by Crippen LogP contribution is 2.23. The molecule has 0 aliphatic rings. The maximum absolute atomic E-state index is 6.03. The molecule has 0 aliphatic heterocycles. The molecule has 0 radical (unpaired) electrons. The van der Waals surface area contributed by atoms with E-state index in [1.54, 1.807) is 6.20 Å². The number of nitrogens with two attached hydrogens (primary N) is 1. The predicted octanol–water partition coefficient (Wildman–Crippen LogP) is 2.55. The van der Waals surface area contributed by atoms with Crippen LogP contribution in [0.5, 0.6) is 0 Å². The fraction of sp³-hybridized carbons (Fsp3) is 0.200. The maximum atomic E-state index is 6.03. The molecular weight excluding hydrogens is 230 g/mol. The van der Waals surface area contributed by atoms with E-state index in [2.05, 4.69) is 8.75 Å². The highest BCUT2D eigenvalue weighted by molar-refractivity contribution is 6.99. The van der Waals surface area contributed by atoms with Gasteiger partial charge in [0.25, 0.3) is 0 Å². The number of hydrogen-bond donors (Lipinski definition) is 1. The van der Waals surface area contributed by atoms with Crippen molar-refractivity contribution < 1.29 is 0 Å². The highest BCUT2D eigenvalue weighted by Gasteiger charge is 2.12. The van der Waals surface area contributed by atoms with Crippen molar-refractivity contribution in [2.24, 2.45) is 5.73 Å². The van der Waals surface area contributed by atoms with E-state index in [4.69, 9.17) is 17.3 Å². The minimum absolute atomic E-state index is 0.248. The molecule has 0 spiro atoms. The number of nitrogens with zero attached hydrogens (tertiary/aromatic N) is 2. The third-order valence-corrected chi connectivity index (χ3v) is 3.15. The third kappa shape index (κ3) is 2.17. The summed E-state index contributed by atoms with van der Waals surface area (Å²) in [6, 6.07) is 5.55. The van der Waals surface area contributed by atoms with Gasteiger partial charge in [0.15, 0.2) is 0 Å². The first-order valence-electron chi connectivity index (χ1n) is 4.47. The lowest BCUT2D eigenvalue weighted by Crippen LogP contribution is -2.12. The number of rotatable bonds is 2. The molecule has 1 unspecified atom stereocenters. The summed E-state index contributed by atoms with van der Waals surface area (Å²) in [7, 11) is 0.